The first-order valence-electron chi connectivity index (χ1n) is 12.1. The molecule has 0 N–H and O–H groups in total. The number of fused-ring (bicyclic) bond motifs is 6. The summed E-state index contributed by atoms with van der Waals surface area (Å²) in [6.45, 7) is 7.11. The average Bonchev–Trinajstić information content (AvgIpc) is 3.27. The third kappa shape index (κ3) is 4.37. The van der Waals surface area contributed by atoms with Gasteiger partial charge in [0, 0.05) is 0 Å². The van der Waals surface area contributed by atoms with Crippen LogP contribution in [0.2, 0.25) is 0 Å². The molecule has 0 spiro atoms. The molecule has 2 aliphatic rings. The van der Waals surface area contributed by atoms with Gasteiger partial charge in [-0.15, -0.1) is 0 Å². The predicted molar refractivity (Wildman–Crippen MR) is 140 cm³/mol. The van der Waals surface area contributed by atoms with Crippen LogP contribution >= 0.6 is 0 Å². The lowest BCUT2D eigenvalue weighted by atomic mass is 9.74. The van der Waals surface area contributed by atoms with Gasteiger partial charge in [-0.05, 0) is 87.2 Å². The molecular formula is C32H34. The minimum absolute atomic E-state index is 0.440. The number of rotatable bonds is 1. The number of hydrogen-bond acceptors (Lipinski definition) is 0. The second-order valence-corrected chi connectivity index (χ2v) is 10.8. The Balaban J connectivity index is 0.000000199. The van der Waals surface area contributed by atoms with Crippen molar-refractivity contribution in [1.82, 2.24) is 0 Å². The van der Waals surface area contributed by atoms with E-state index in [4.69, 9.17) is 0 Å². The van der Waals surface area contributed by atoms with Crippen LogP contribution in [0, 0.1) is 11.3 Å². The molecule has 1 atom stereocenters. The molecule has 0 fully saturated rings. The summed E-state index contributed by atoms with van der Waals surface area (Å²) in [4.78, 5) is 0. The maximum atomic E-state index is 2.40. The fourth-order valence-corrected chi connectivity index (χ4v) is 5.68. The van der Waals surface area contributed by atoms with E-state index in [-0.39, 0.29) is 0 Å². The Kier molecular flexibility index (Phi) is 5.64. The molecule has 0 heterocycles. The van der Waals surface area contributed by atoms with Gasteiger partial charge in [0.05, 0.1) is 0 Å². The van der Waals surface area contributed by atoms with E-state index >= 15 is 0 Å². The summed E-state index contributed by atoms with van der Waals surface area (Å²) in [7, 11) is 0. The molecule has 0 saturated carbocycles. The quantitative estimate of drug-likeness (QED) is 0.271. The van der Waals surface area contributed by atoms with Crippen molar-refractivity contribution in [3.05, 3.63) is 101 Å². The van der Waals surface area contributed by atoms with Crippen LogP contribution in [0.4, 0.5) is 0 Å². The predicted octanol–water partition coefficient (Wildman–Crippen LogP) is 8.79. The van der Waals surface area contributed by atoms with Gasteiger partial charge in [0.2, 0.25) is 0 Å². The zero-order valence-electron chi connectivity index (χ0n) is 19.7. The molecule has 162 valence electrons. The van der Waals surface area contributed by atoms with Crippen molar-refractivity contribution in [2.45, 2.75) is 52.9 Å². The van der Waals surface area contributed by atoms with E-state index in [2.05, 4.69) is 106 Å². The molecule has 0 saturated heterocycles. The van der Waals surface area contributed by atoms with Gasteiger partial charge in [0.1, 0.15) is 0 Å². The van der Waals surface area contributed by atoms with E-state index in [1.807, 2.05) is 0 Å². The molecule has 0 aromatic heterocycles. The van der Waals surface area contributed by atoms with Crippen LogP contribution in [0.25, 0.3) is 27.6 Å². The highest BCUT2D eigenvalue weighted by atomic mass is 14.3. The summed E-state index contributed by atoms with van der Waals surface area (Å²) in [5, 5.41) is 5.65. The summed E-state index contributed by atoms with van der Waals surface area (Å²) in [5.41, 5.74) is 6.48. The highest BCUT2D eigenvalue weighted by molar-refractivity contribution is 6.08. The van der Waals surface area contributed by atoms with E-state index in [1.165, 1.54) is 58.4 Å². The van der Waals surface area contributed by atoms with Gasteiger partial charge in [-0.3, -0.25) is 0 Å². The third-order valence-electron chi connectivity index (χ3n) is 7.04. The standard InChI is InChI=1S/C23H26.C9H8/c1-23(2,3)15-16-8-11-20-18(14-16)10-13-21-19-7-5-4-6-17(19)9-12-22(20)21;1-2-5-9-7-3-6-8(9)4-1/h4-7,9-10,12-13,16H,8,11,14-15H2,1-3H3;1-6H,7H2. The van der Waals surface area contributed by atoms with E-state index < -0.39 is 0 Å². The minimum atomic E-state index is 0.440. The molecule has 6 rings (SSSR count). The number of hydrogen-bond donors (Lipinski definition) is 0. The summed E-state index contributed by atoms with van der Waals surface area (Å²) < 4.78 is 0. The van der Waals surface area contributed by atoms with Gasteiger partial charge in [0.15, 0.2) is 0 Å². The Hall–Kier alpha value is -2.86. The second-order valence-electron chi connectivity index (χ2n) is 10.8. The largest absolute Gasteiger partial charge is 0.0795 e. The van der Waals surface area contributed by atoms with Crippen molar-refractivity contribution in [1.29, 1.82) is 0 Å². The molecule has 2 aliphatic carbocycles. The Bertz CT molecular complexity index is 1280. The zero-order valence-corrected chi connectivity index (χ0v) is 19.7. The Morgan fingerprint density at radius 3 is 2.38 bits per heavy atom. The van der Waals surface area contributed by atoms with E-state index in [0.29, 0.717) is 5.41 Å². The van der Waals surface area contributed by atoms with Gasteiger partial charge in [0.25, 0.3) is 0 Å². The second kappa shape index (κ2) is 8.58. The van der Waals surface area contributed by atoms with E-state index in [1.54, 1.807) is 11.1 Å². The average molecular weight is 419 g/mol. The molecule has 0 heteroatoms. The maximum absolute atomic E-state index is 2.40. The molecule has 32 heavy (non-hydrogen) atoms. The molecule has 4 aromatic carbocycles. The van der Waals surface area contributed by atoms with Crippen molar-refractivity contribution in [2.75, 3.05) is 0 Å². The first-order chi connectivity index (χ1) is 15.5. The number of benzene rings is 4. The fourth-order valence-electron chi connectivity index (χ4n) is 5.68. The van der Waals surface area contributed by atoms with Crippen LogP contribution in [0.3, 0.4) is 0 Å². The van der Waals surface area contributed by atoms with Crippen LogP contribution in [0.5, 0.6) is 0 Å². The maximum Gasteiger partial charge on any atom is -0.00882 e. The Morgan fingerprint density at radius 2 is 1.53 bits per heavy atom. The zero-order chi connectivity index (χ0) is 22.1. The lowest BCUT2D eigenvalue weighted by molar-refractivity contribution is 0.274. The monoisotopic (exact) mass is 418 g/mol. The highest BCUT2D eigenvalue weighted by Gasteiger charge is 2.24. The van der Waals surface area contributed by atoms with E-state index in [0.717, 1.165) is 12.3 Å². The van der Waals surface area contributed by atoms with Crippen molar-refractivity contribution in [3.63, 3.8) is 0 Å². The first-order valence-corrected chi connectivity index (χ1v) is 12.1. The number of allylic oxidation sites excluding steroid dienone is 1. The summed E-state index contributed by atoms with van der Waals surface area (Å²) in [5.74, 6) is 0.848. The van der Waals surface area contributed by atoms with E-state index in [9.17, 15) is 0 Å². The van der Waals surface area contributed by atoms with Gasteiger partial charge in [-0.2, -0.15) is 0 Å². The topological polar surface area (TPSA) is 0 Å². The SMILES string of the molecule is C1=Cc2ccccc2C1.CC(C)(C)CC1CCc2c(ccc3c2ccc2ccccc23)C1. The Morgan fingerprint density at radius 1 is 0.750 bits per heavy atom. The van der Waals surface area contributed by atoms with Gasteiger partial charge < -0.3 is 0 Å². The first kappa shape index (κ1) is 21.0. The normalized spacial score (nSPS) is 17.0. The lowest BCUT2D eigenvalue weighted by Gasteiger charge is -2.31. The van der Waals surface area contributed by atoms with Crippen LogP contribution in [0.15, 0.2) is 78.9 Å². The van der Waals surface area contributed by atoms with Crippen molar-refractivity contribution >= 4 is 27.6 Å². The van der Waals surface area contributed by atoms with Gasteiger partial charge in [-0.25, -0.2) is 0 Å². The molecule has 0 bridgehead atoms. The third-order valence-corrected chi connectivity index (χ3v) is 7.04. The van der Waals surface area contributed by atoms with Crippen LogP contribution < -0.4 is 0 Å². The molecule has 4 aromatic rings. The van der Waals surface area contributed by atoms with Crippen LogP contribution in [-0.4, -0.2) is 0 Å². The van der Waals surface area contributed by atoms with Crippen molar-refractivity contribution in [3.8, 4) is 0 Å². The van der Waals surface area contributed by atoms with Crippen molar-refractivity contribution in [2.24, 2.45) is 11.3 Å². The molecule has 0 nitrogen and oxygen atoms in total. The molecular weight excluding hydrogens is 384 g/mol. The fraction of sp³-hybridized carbons (Fsp3) is 0.312. The van der Waals surface area contributed by atoms with Crippen LogP contribution in [-0.2, 0) is 19.3 Å². The highest BCUT2D eigenvalue weighted by Crippen LogP contribution is 2.38. The van der Waals surface area contributed by atoms with Gasteiger partial charge >= 0.3 is 0 Å². The molecule has 0 aliphatic heterocycles. The van der Waals surface area contributed by atoms with Gasteiger partial charge in [-0.1, -0.05) is 106 Å². The van der Waals surface area contributed by atoms with Crippen molar-refractivity contribution < 1.29 is 0 Å². The molecule has 1 unspecified atom stereocenters. The smallest absolute Gasteiger partial charge is 0.00882 e. The molecule has 0 amide bonds. The summed E-state index contributed by atoms with van der Waals surface area (Å²) in [6, 6.07) is 26.6. The summed E-state index contributed by atoms with van der Waals surface area (Å²) >= 11 is 0. The Labute approximate surface area is 193 Å². The molecule has 0 radical (unpaired) electrons. The minimum Gasteiger partial charge on any atom is -0.0795 e. The number of aryl methyl sites for hydroxylation is 1. The lowest BCUT2D eigenvalue weighted by Crippen LogP contribution is -2.20. The summed E-state index contributed by atoms with van der Waals surface area (Å²) in [6.07, 6.45) is 10.7. The van der Waals surface area contributed by atoms with Crippen LogP contribution in [0.1, 0.15) is 55.9 Å².